The van der Waals surface area contributed by atoms with E-state index in [1.54, 1.807) is 32.0 Å². The number of carbonyl (C=O) groups excluding carboxylic acids is 1. The number of rotatable bonds is 4. The number of nitrogens with one attached hydrogen (secondary N) is 1. The summed E-state index contributed by atoms with van der Waals surface area (Å²) in [6, 6.07) is 4.40. The maximum absolute atomic E-state index is 12.3. The Hall–Kier alpha value is -1.30. The number of anilines is 1. The molecule has 2 unspecified atom stereocenters. The van der Waals surface area contributed by atoms with Gasteiger partial charge in [0.2, 0.25) is 5.91 Å². The fraction of sp³-hybridized carbons (Fsp3) is 0.467. The van der Waals surface area contributed by atoms with Crippen LogP contribution < -0.4 is 5.32 Å². The van der Waals surface area contributed by atoms with Crippen LogP contribution in [0.2, 0.25) is 10.0 Å². The zero-order chi connectivity index (χ0) is 16.5. The molecule has 0 saturated carbocycles. The largest absolute Gasteiger partial charge is 0.481 e. The minimum Gasteiger partial charge on any atom is -0.481 e. The monoisotopic (exact) mass is 344 g/mol. The van der Waals surface area contributed by atoms with Gasteiger partial charge < -0.3 is 10.4 Å². The molecule has 22 heavy (non-hydrogen) atoms. The summed E-state index contributed by atoms with van der Waals surface area (Å²) in [6.07, 6.45) is 0.529. The lowest BCUT2D eigenvalue weighted by atomic mass is 9.90. The van der Waals surface area contributed by atoms with Crippen molar-refractivity contribution in [2.45, 2.75) is 26.3 Å². The van der Waals surface area contributed by atoms with Gasteiger partial charge >= 0.3 is 5.97 Å². The first kappa shape index (κ1) is 17.1. The number of halogens is 2. The highest BCUT2D eigenvalue weighted by molar-refractivity contribution is 6.36. The van der Waals surface area contributed by atoms with E-state index in [0.29, 0.717) is 35.2 Å². The Bertz CT molecular complexity index is 608. The molecule has 0 radical (unpaired) electrons. The second kappa shape index (κ2) is 6.44. The van der Waals surface area contributed by atoms with Gasteiger partial charge in [-0.05, 0) is 38.5 Å². The second-order valence-corrected chi connectivity index (χ2v) is 6.72. The summed E-state index contributed by atoms with van der Waals surface area (Å²) in [5, 5.41) is 12.9. The number of aliphatic carboxylic acids is 1. The Balaban J connectivity index is 2.03. The highest BCUT2D eigenvalue weighted by Crippen LogP contribution is 2.32. The van der Waals surface area contributed by atoms with Crippen LogP contribution in [0, 0.1) is 5.41 Å². The molecule has 0 aromatic heterocycles. The molecule has 7 heteroatoms. The van der Waals surface area contributed by atoms with E-state index in [9.17, 15) is 14.7 Å². The van der Waals surface area contributed by atoms with Gasteiger partial charge in [0.1, 0.15) is 0 Å². The third-order valence-corrected chi connectivity index (χ3v) is 4.68. The Morgan fingerprint density at radius 3 is 2.64 bits per heavy atom. The predicted octanol–water partition coefficient (Wildman–Crippen LogP) is 3.12. The summed E-state index contributed by atoms with van der Waals surface area (Å²) < 4.78 is 0. The number of carbonyl (C=O) groups is 2. The number of nitrogens with zero attached hydrogens (tertiary/aromatic N) is 1. The molecule has 1 aromatic rings. The average Bonchev–Trinajstić information content (AvgIpc) is 2.85. The first-order chi connectivity index (χ1) is 10.2. The van der Waals surface area contributed by atoms with Crippen molar-refractivity contribution in [1.29, 1.82) is 0 Å². The minimum atomic E-state index is -0.830. The molecule has 0 bridgehead atoms. The number of likely N-dealkylation sites (tertiary alicyclic amines) is 1. The van der Waals surface area contributed by atoms with Crippen LogP contribution in [0.3, 0.4) is 0 Å². The van der Waals surface area contributed by atoms with E-state index in [-0.39, 0.29) is 5.91 Å². The highest BCUT2D eigenvalue weighted by atomic mass is 35.5. The Morgan fingerprint density at radius 1 is 1.41 bits per heavy atom. The maximum Gasteiger partial charge on any atom is 0.310 e. The third kappa shape index (κ3) is 3.54. The number of amides is 1. The quantitative estimate of drug-likeness (QED) is 0.880. The van der Waals surface area contributed by atoms with Gasteiger partial charge in [0.05, 0.1) is 22.2 Å². The summed E-state index contributed by atoms with van der Waals surface area (Å²) in [6.45, 7) is 4.39. The maximum atomic E-state index is 12.3. The molecule has 120 valence electrons. The van der Waals surface area contributed by atoms with Crippen molar-refractivity contribution in [2.24, 2.45) is 5.41 Å². The first-order valence-corrected chi connectivity index (χ1v) is 7.72. The van der Waals surface area contributed by atoms with Crippen LogP contribution in [0.1, 0.15) is 20.3 Å². The number of hydrogen-bond donors (Lipinski definition) is 2. The number of carboxylic acid groups (broad SMARTS) is 1. The van der Waals surface area contributed by atoms with E-state index in [0.717, 1.165) is 0 Å². The van der Waals surface area contributed by atoms with E-state index in [1.165, 1.54) is 0 Å². The molecular weight excluding hydrogens is 327 g/mol. The topological polar surface area (TPSA) is 69.6 Å². The minimum absolute atomic E-state index is 0.223. The lowest BCUT2D eigenvalue weighted by Gasteiger charge is -2.25. The highest BCUT2D eigenvalue weighted by Gasteiger charge is 2.42. The van der Waals surface area contributed by atoms with Crippen LogP contribution in [0.15, 0.2) is 18.2 Å². The van der Waals surface area contributed by atoms with Crippen molar-refractivity contribution in [1.82, 2.24) is 4.90 Å². The molecule has 5 nitrogen and oxygen atoms in total. The van der Waals surface area contributed by atoms with Gasteiger partial charge in [0.25, 0.3) is 0 Å². The second-order valence-electron chi connectivity index (χ2n) is 5.88. The fourth-order valence-corrected chi connectivity index (χ4v) is 2.95. The van der Waals surface area contributed by atoms with Crippen LogP contribution in [-0.4, -0.2) is 41.0 Å². The van der Waals surface area contributed by atoms with Gasteiger partial charge in [-0.2, -0.15) is 0 Å². The van der Waals surface area contributed by atoms with Gasteiger partial charge in [-0.1, -0.05) is 23.2 Å². The van der Waals surface area contributed by atoms with E-state index in [2.05, 4.69) is 5.32 Å². The van der Waals surface area contributed by atoms with Crippen LogP contribution in [0.5, 0.6) is 0 Å². The summed E-state index contributed by atoms with van der Waals surface area (Å²) in [4.78, 5) is 25.5. The van der Waals surface area contributed by atoms with Crippen LogP contribution in [-0.2, 0) is 9.59 Å². The Kier molecular flexibility index (Phi) is 5.00. The third-order valence-electron chi connectivity index (χ3n) is 4.14. The molecule has 1 amide bonds. The predicted molar refractivity (Wildman–Crippen MR) is 86.5 cm³/mol. The Morgan fingerprint density at radius 2 is 2.09 bits per heavy atom. The van der Waals surface area contributed by atoms with Gasteiger partial charge in [0, 0.05) is 18.1 Å². The normalized spacial score (nSPS) is 23.3. The van der Waals surface area contributed by atoms with Crippen molar-refractivity contribution in [3.05, 3.63) is 28.2 Å². The van der Waals surface area contributed by atoms with Gasteiger partial charge in [-0.25, -0.2) is 0 Å². The van der Waals surface area contributed by atoms with Crippen molar-refractivity contribution in [2.75, 3.05) is 18.4 Å². The molecule has 1 aliphatic heterocycles. The van der Waals surface area contributed by atoms with E-state index in [4.69, 9.17) is 23.2 Å². The molecule has 1 fully saturated rings. The summed E-state index contributed by atoms with van der Waals surface area (Å²) in [7, 11) is 0. The first-order valence-electron chi connectivity index (χ1n) is 6.96. The van der Waals surface area contributed by atoms with E-state index < -0.39 is 17.4 Å². The summed E-state index contributed by atoms with van der Waals surface area (Å²) in [5.41, 5.74) is -0.310. The summed E-state index contributed by atoms with van der Waals surface area (Å²) in [5.74, 6) is -1.05. The van der Waals surface area contributed by atoms with E-state index >= 15 is 0 Å². The zero-order valence-electron chi connectivity index (χ0n) is 12.4. The lowest BCUT2D eigenvalue weighted by molar-refractivity contribution is -0.147. The van der Waals surface area contributed by atoms with Crippen molar-refractivity contribution < 1.29 is 14.7 Å². The molecule has 1 heterocycles. The van der Waals surface area contributed by atoms with Gasteiger partial charge in [-0.15, -0.1) is 0 Å². The SMILES string of the molecule is CC(C(=O)Nc1ccc(Cl)cc1Cl)N1CCC(C)(C(=O)O)C1. The van der Waals surface area contributed by atoms with Crippen LogP contribution >= 0.6 is 23.2 Å². The van der Waals surface area contributed by atoms with Crippen molar-refractivity contribution in [3.63, 3.8) is 0 Å². The number of benzene rings is 1. The molecule has 2 atom stereocenters. The van der Waals surface area contributed by atoms with Gasteiger partial charge in [-0.3, -0.25) is 14.5 Å². The lowest BCUT2D eigenvalue weighted by Crippen LogP contribution is -2.42. The molecule has 1 aromatic carbocycles. The fourth-order valence-electron chi connectivity index (χ4n) is 2.50. The van der Waals surface area contributed by atoms with Crippen molar-refractivity contribution >= 4 is 40.8 Å². The standard InChI is InChI=1S/C15H18Cl2N2O3/c1-9(19-6-5-15(2,8-19)14(21)22)13(20)18-12-4-3-10(16)7-11(12)17/h3-4,7,9H,5-6,8H2,1-2H3,(H,18,20)(H,21,22). The number of carboxylic acids is 1. The molecule has 2 rings (SSSR count). The van der Waals surface area contributed by atoms with Crippen LogP contribution in [0.25, 0.3) is 0 Å². The van der Waals surface area contributed by atoms with Gasteiger partial charge in [0.15, 0.2) is 0 Å². The molecular formula is C15H18Cl2N2O3. The van der Waals surface area contributed by atoms with E-state index in [1.807, 2.05) is 4.90 Å². The molecule has 2 N–H and O–H groups in total. The van der Waals surface area contributed by atoms with Crippen molar-refractivity contribution in [3.8, 4) is 0 Å². The van der Waals surface area contributed by atoms with Crippen LogP contribution in [0.4, 0.5) is 5.69 Å². The molecule has 1 saturated heterocycles. The molecule has 1 aliphatic rings. The zero-order valence-corrected chi connectivity index (χ0v) is 13.9. The smallest absolute Gasteiger partial charge is 0.310 e. The molecule has 0 aliphatic carbocycles. The molecule has 0 spiro atoms. The summed E-state index contributed by atoms with van der Waals surface area (Å²) >= 11 is 11.9. The average molecular weight is 345 g/mol. The Labute approximate surface area is 139 Å². The number of hydrogen-bond acceptors (Lipinski definition) is 3.